The summed E-state index contributed by atoms with van der Waals surface area (Å²) in [7, 11) is 1.36. The van der Waals surface area contributed by atoms with Gasteiger partial charge in [-0.2, -0.15) is 0 Å². The highest BCUT2D eigenvalue weighted by Gasteiger charge is 2.42. The number of hydrogen-bond acceptors (Lipinski definition) is 6. The summed E-state index contributed by atoms with van der Waals surface area (Å²) in [5, 5.41) is 3.33. The summed E-state index contributed by atoms with van der Waals surface area (Å²) in [4.78, 5) is 26.4. The van der Waals surface area contributed by atoms with Gasteiger partial charge < -0.3 is 19.2 Å². The first kappa shape index (κ1) is 21.9. The van der Waals surface area contributed by atoms with Crippen molar-refractivity contribution in [2.75, 3.05) is 13.7 Å². The lowest BCUT2D eigenvalue weighted by Gasteiger charge is -2.36. The average molecular weight is 436 g/mol. The van der Waals surface area contributed by atoms with Crippen LogP contribution in [0.2, 0.25) is 0 Å². The Morgan fingerprint density at radius 3 is 2.72 bits per heavy atom. The smallest absolute Gasteiger partial charge is 0.336 e. The number of furan rings is 1. The largest absolute Gasteiger partial charge is 0.493 e. The molecule has 32 heavy (non-hydrogen) atoms. The Morgan fingerprint density at radius 2 is 2.00 bits per heavy atom. The van der Waals surface area contributed by atoms with E-state index in [-0.39, 0.29) is 11.7 Å². The molecule has 1 aromatic carbocycles. The van der Waals surface area contributed by atoms with E-state index >= 15 is 0 Å². The predicted molar refractivity (Wildman–Crippen MR) is 120 cm³/mol. The third-order valence-electron chi connectivity index (χ3n) is 6.16. The average Bonchev–Trinajstić information content (AvgIpc) is 3.33. The fourth-order valence-electron chi connectivity index (χ4n) is 4.63. The molecular formula is C26H29NO5. The summed E-state index contributed by atoms with van der Waals surface area (Å²) in [6.07, 6.45) is 4.54. The van der Waals surface area contributed by atoms with Crippen molar-refractivity contribution in [2.24, 2.45) is 0 Å². The monoisotopic (exact) mass is 435 g/mol. The molecule has 1 N–H and O–H groups in total. The zero-order chi connectivity index (χ0) is 22.7. The lowest BCUT2D eigenvalue weighted by Crippen LogP contribution is -2.36. The van der Waals surface area contributed by atoms with Crippen molar-refractivity contribution >= 4 is 11.8 Å². The van der Waals surface area contributed by atoms with Gasteiger partial charge in [-0.3, -0.25) is 4.79 Å². The normalized spacial score (nSPS) is 20.7. The number of carbonyl (C=O) groups is 2. The molecule has 0 spiro atoms. The first-order chi connectivity index (χ1) is 15.5. The Balaban J connectivity index is 1.81. The summed E-state index contributed by atoms with van der Waals surface area (Å²) >= 11 is 0. The van der Waals surface area contributed by atoms with Crippen molar-refractivity contribution in [1.29, 1.82) is 0 Å². The standard InChI is InChI=1S/C26H29NO5/c1-4-5-12-32-22-10-7-6-9-18(22)24-23(26(29)30-3)16(2)27-19-14-17(15-20(28)25(19)24)21-11-8-13-31-21/h6-11,13,17,24,27H,4-5,12,14-15H2,1-3H3. The van der Waals surface area contributed by atoms with E-state index < -0.39 is 11.9 Å². The number of carbonyl (C=O) groups excluding carboxylic acids is 2. The van der Waals surface area contributed by atoms with Crippen LogP contribution in [0, 0.1) is 0 Å². The lowest BCUT2D eigenvalue weighted by molar-refractivity contribution is -0.136. The van der Waals surface area contributed by atoms with E-state index in [1.807, 2.05) is 43.3 Å². The molecular weight excluding hydrogens is 406 g/mol. The van der Waals surface area contributed by atoms with Gasteiger partial charge >= 0.3 is 5.97 Å². The van der Waals surface area contributed by atoms with Gasteiger partial charge in [-0.05, 0) is 38.0 Å². The van der Waals surface area contributed by atoms with E-state index in [4.69, 9.17) is 13.9 Å². The first-order valence-corrected chi connectivity index (χ1v) is 11.1. The fourth-order valence-corrected chi connectivity index (χ4v) is 4.63. The highest BCUT2D eigenvalue weighted by molar-refractivity contribution is 6.04. The van der Waals surface area contributed by atoms with Crippen LogP contribution in [0.15, 0.2) is 69.6 Å². The first-order valence-electron chi connectivity index (χ1n) is 11.1. The summed E-state index contributed by atoms with van der Waals surface area (Å²) < 4.78 is 16.8. The van der Waals surface area contributed by atoms with E-state index in [1.54, 1.807) is 6.26 Å². The number of benzene rings is 1. The second-order valence-corrected chi connectivity index (χ2v) is 8.26. The van der Waals surface area contributed by atoms with Crippen LogP contribution in [-0.2, 0) is 14.3 Å². The van der Waals surface area contributed by atoms with Gasteiger partial charge in [0.05, 0.1) is 31.5 Å². The number of ketones is 1. The SMILES string of the molecule is CCCCOc1ccccc1C1C(C(=O)OC)=C(C)NC2=C1C(=O)CC(c1ccco1)C2. The zero-order valence-corrected chi connectivity index (χ0v) is 18.8. The maximum atomic E-state index is 13.5. The Hall–Kier alpha value is -3.28. The van der Waals surface area contributed by atoms with Crippen LogP contribution in [0.25, 0.3) is 0 Å². The summed E-state index contributed by atoms with van der Waals surface area (Å²) in [5.74, 6) is 0.467. The summed E-state index contributed by atoms with van der Waals surface area (Å²) in [6, 6.07) is 11.4. The van der Waals surface area contributed by atoms with E-state index in [2.05, 4.69) is 12.2 Å². The molecule has 168 valence electrons. The maximum Gasteiger partial charge on any atom is 0.336 e. The van der Waals surface area contributed by atoms with Crippen LogP contribution in [0.4, 0.5) is 0 Å². The number of dihydropyridines is 1. The molecule has 2 aromatic rings. The summed E-state index contributed by atoms with van der Waals surface area (Å²) in [5.41, 5.74) is 3.40. The van der Waals surface area contributed by atoms with Gasteiger partial charge in [0.25, 0.3) is 0 Å². The highest BCUT2D eigenvalue weighted by Crippen LogP contribution is 2.47. The molecule has 4 rings (SSSR count). The van der Waals surface area contributed by atoms with Crippen molar-refractivity contribution < 1.29 is 23.5 Å². The number of methoxy groups -OCH3 is 1. The van der Waals surface area contributed by atoms with Crippen molar-refractivity contribution in [1.82, 2.24) is 5.32 Å². The van der Waals surface area contributed by atoms with Crippen LogP contribution in [0.1, 0.15) is 62.7 Å². The Labute approximate surface area is 188 Å². The molecule has 1 aromatic heterocycles. The summed E-state index contributed by atoms with van der Waals surface area (Å²) in [6.45, 7) is 4.54. The number of para-hydroxylation sites is 1. The van der Waals surface area contributed by atoms with Crippen molar-refractivity contribution in [3.8, 4) is 5.75 Å². The van der Waals surface area contributed by atoms with Crippen molar-refractivity contribution in [2.45, 2.75) is 51.4 Å². The third-order valence-corrected chi connectivity index (χ3v) is 6.16. The number of esters is 1. The quantitative estimate of drug-likeness (QED) is 0.487. The van der Waals surface area contributed by atoms with Gasteiger partial charge in [0.1, 0.15) is 11.5 Å². The van der Waals surface area contributed by atoms with Gasteiger partial charge in [-0.1, -0.05) is 31.5 Å². The number of unbranched alkanes of at least 4 members (excludes halogenated alkanes) is 1. The van der Waals surface area contributed by atoms with Gasteiger partial charge in [0.2, 0.25) is 0 Å². The molecule has 6 heteroatoms. The second-order valence-electron chi connectivity index (χ2n) is 8.26. The topological polar surface area (TPSA) is 77.8 Å². The predicted octanol–water partition coefficient (Wildman–Crippen LogP) is 4.99. The molecule has 0 saturated heterocycles. The molecule has 0 radical (unpaired) electrons. The molecule has 1 aliphatic heterocycles. The van der Waals surface area contributed by atoms with Gasteiger partial charge in [-0.25, -0.2) is 4.79 Å². The lowest BCUT2D eigenvalue weighted by atomic mass is 9.72. The van der Waals surface area contributed by atoms with Crippen LogP contribution in [-0.4, -0.2) is 25.5 Å². The fraction of sp³-hybridized carbons (Fsp3) is 0.385. The Morgan fingerprint density at radius 1 is 1.19 bits per heavy atom. The van der Waals surface area contributed by atoms with Crippen molar-refractivity contribution in [3.05, 3.63) is 76.5 Å². The number of hydrogen-bond donors (Lipinski definition) is 1. The van der Waals surface area contributed by atoms with Gasteiger partial charge in [0, 0.05) is 34.9 Å². The molecule has 0 amide bonds. The zero-order valence-electron chi connectivity index (χ0n) is 18.8. The minimum atomic E-state index is -0.540. The van der Waals surface area contributed by atoms with Crippen LogP contribution < -0.4 is 10.1 Å². The Bertz CT molecular complexity index is 1060. The maximum absolute atomic E-state index is 13.5. The number of allylic oxidation sites excluding steroid dienone is 3. The third kappa shape index (κ3) is 4.09. The van der Waals surface area contributed by atoms with Crippen LogP contribution in [0.3, 0.4) is 0 Å². The number of nitrogens with one attached hydrogen (secondary N) is 1. The molecule has 1 aliphatic carbocycles. The molecule has 2 aliphatic rings. The minimum absolute atomic E-state index is 0.00224. The molecule has 0 fully saturated rings. The molecule has 0 bridgehead atoms. The molecule has 0 saturated carbocycles. The second kappa shape index (κ2) is 9.47. The molecule has 2 heterocycles. The number of Topliss-reactive ketones (excluding diaryl/α,β-unsaturated/α-hetero) is 1. The van der Waals surface area contributed by atoms with E-state index in [0.29, 0.717) is 42.0 Å². The van der Waals surface area contributed by atoms with Crippen molar-refractivity contribution in [3.63, 3.8) is 0 Å². The van der Waals surface area contributed by atoms with Crippen LogP contribution in [0.5, 0.6) is 5.75 Å². The molecule has 6 nitrogen and oxygen atoms in total. The minimum Gasteiger partial charge on any atom is -0.493 e. The highest BCUT2D eigenvalue weighted by atomic mass is 16.5. The number of ether oxygens (including phenoxy) is 2. The molecule has 2 unspecified atom stereocenters. The van der Waals surface area contributed by atoms with Gasteiger partial charge in [-0.15, -0.1) is 0 Å². The molecule has 2 atom stereocenters. The van der Waals surface area contributed by atoms with E-state index in [0.717, 1.165) is 29.9 Å². The Kier molecular flexibility index (Phi) is 6.49. The van der Waals surface area contributed by atoms with Gasteiger partial charge in [0.15, 0.2) is 5.78 Å². The number of rotatable bonds is 7. The van der Waals surface area contributed by atoms with E-state index in [9.17, 15) is 9.59 Å². The van der Waals surface area contributed by atoms with Crippen LogP contribution >= 0.6 is 0 Å². The van der Waals surface area contributed by atoms with E-state index in [1.165, 1.54) is 7.11 Å².